The second kappa shape index (κ2) is 8.27. The summed E-state index contributed by atoms with van der Waals surface area (Å²) in [4.78, 5) is 27.9. The maximum atomic E-state index is 12.6. The second-order valence-electron chi connectivity index (χ2n) is 6.84. The average molecular weight is 396 g/mol. The van der Waals surface area contributed by atoms with Crippen LogP contribution in [-0.4, -0.2) is 52.0 Å². The molecule has 0 saturated carbocycles. The van der Waals surface area contributed by atoms with Gasteiger partial charge < -0.3 is 19.9 Å². The standard InChI is InChI=1S/C20H20N4O5/c25-19(13-1-2-16-15(7-13)18(20(26)27)24-23-16)22-8-14-3-5-21-9-17(14)29-11-12-4-6-28-10-12/h1-3,5,7,9,12H,4,6,8,10-11H2,(H,22,25)(H,23,24)(H,26,27). The van der Waals surface area contributed by atoms with E-state index in [1.54, 1.807) is 30.6 Å². The predicted molar refractivity (Wildman–Crippen MR) is 103 cm³/mol. The molecule has 3 aromatic rings. The topological polar surface area (TPSA) is 126 Å². The first kappa shape index (κ1) is 18.9. The van der Waals surface area contributed by atoms with Crippen LogP contribution in [0.5, 0.6) is 5.75 Å². The van der Waals surface area contributed by atoms with E-state index < -0.39 is 5.97 Å². The van der Waals surface area contributed by atoms with Crippen LogP contribution >= 0.6 is 0 Å². The Bertz CT molecular complexity index is 1040. The molecule has 1 saturated heterocycles. The third kappa shape index (κ3) is 4.19. The third-order valence-corrected chi connectivity index (χ3v) is 4.84. The van der Waals surface area contributed by atoms with E-state index in [2.05, 4.69) is 20.5 Å². The first-order chi connectivity index (χ1) is 14.1. The highest BCUT2D eigenvalue weighted by Crippen LogP contribution is 2.21. The smallest absolute Gasteiger partial charge is 0.357 e. The summed E-state index contributed by atoms with van der Waals surface area (Å²) in [5.41, 5.74) is 1.60. The molecule has 1 atom stereocenters. The number of aromatic carboxylic acids is 1. The van der Waals surface area contributed by atoms with Gasteiger partial charge in [-0.3, -0.25) is 14.9 Å². The molecule has 2 aromatic heterocycles. The number of nitrogens with zero attached hydrogens (tertiary/aromatic N) is 2. The van der Waals surface area contributed by atoms with Gasteiger partial charge in [-0.25, -0.2) is 4.79 Å². The normalized spacial score (nSPS) is 16.1. The van der Waals surface area contributed by atoms with Crippen molar-refractivity contribution in [2.24, 2.45) is 5.92 Å². The summed E-state index contributed by atoms with van der Waals surface area (Å²) in [5, 5.41) is 18.8. The number of ether oxygens (including phenoxy) is 2. The summed E-state index contributed by atoms with van der Waals surface area (Å²) in [7, 11) is 0. The quantitative estimate of drug-likeness (QED) is 0.557. The van der Waals surface area contributed by atoms with Gasteiger partial charge in [0.1, 0.15) is 5.75 Å². The number of fused-ring (bicyclic) bond motifs is 1. The van der Waals surface area contributed by atoms with Gasteiger partial charge in [-0.2, -0.15) is 5.10 Å². The molecule has 1 aliphatic heterocycles. The first-order valence-electron chi connectivity index (χ1n) is 9.25. The van der Waals surface area contributed by atoms with Gasteiger partial charge in [0.25, 0.3) is 5.91 Å². The van der Waals surface area contributed by atoms with Crippen LogP contribution in [0.3, 0.4) is 0 Å². The Labute approximate surface area is 166 Å². The Morgan fingerprint density at radius 2 is 2.24 bits per heavy atom. The van der Waals surface area contributed by atoms with E-state index in [9.17, 15) is 14.7 Å². The highest BCUT2D eigenvalue weighted by Gasteiger charge is 2.18. The van der Waals surface area contributed by atoms with Gasteiger partial charge in [-0.1, -0.05) is 0 Å². The van der Waals surface area contributed by atoms with Gasteiger partial charge in [0, 0.05) is 41.8 Å². The number of amides is 1. The molecule has 150 valence electrons. The lowest BCUT2D eigenvalue weighted by atomic mass is 10.1. The maximum Gasteiger partial charge on any atom is 0.357 e. The van der Waals surface area contributed by atoms with Gasteiger partial charge in [0.15, 0.2) is 5.69 Å². The number of hydrogen-bond donors (Lipinski definition) is 3. The van der Waals surface area contributed by atoms with E-state index in [4.69, 9.17) is 9.47 Å². The molecule has 0 spiro atoms. The monoisotopic (exact) mass is 396 g/mol. The Morgan fingerprint density at radius 3 is 3.03 bits per heavy atom. The van der Waals surface area contributed by atoms with Crippen molar-refractivity contribution in [1.29, 1.82) is 0 Å². The van der Waals surface area contributed by atoms with Crippen LogP contribution in [-0.2, 0) is 11.3 Å². The lowest BCUT2D eigenvalue weighted by Crippen LogP contribution is -2.23. The number of carbonyl (C=O) groups excluding carboxylic acids is 1. The zero-order chi connectivity index (χ0) is 20.2. The second-order valence-corrected chi connectivity index (χ2v) is 6.84. The Kier molecular flexibility index (Phi) is 5.39. The van der Waals surface area contributed by atoms with Crippen molar-refractivity contribution >= 4 is 22.8 Å². The zero-order valence-electron chi connectivity index (χ0n) is 15.6. The Hall–Kier alpha value is -3.46. The molecule has 3 N–H and O–H groups in total. The molecule has 9 heteroatoms. The SMILES string of the molecule is O=C(NCc1ccncc1OCC1CCOC1)c1ccc2[nH]nc(C(=O)O)c2c1. The number of pyridine rings is 1. The van der Waals surface area contributed by atoms with Gasteiger partial charge in [0.05, 0.1) is 24.9 Å². The van der Waals surface area contributed by atoms with Crippen LogP contribution in [0.1, 0.15) is 32.8 Å². The minimum Gasteiger partial charge on any atom is -0.491 e. The molecule has 1 amide bonds. The fraction of sp³-hybridized carbons (Fsp3) is 0.300. The summed E-state index contributed by atoms with van der Waals surface area (Å²) in [6.45, 7) is 2.25. The molecule has 1 fully saturated rings. The fourth-order valence-electron chi connectivity index (χ4n) is 3.20. The zero-order valence-corrected chi connectivity index (χ0v) is 15.6. The van der Waals surface area contributed by atoms with Crippen molar-refractivity contribution in [2.75, 3.05) is 19.8 Å². The number of hydrogen-bond acceptors (Lipinski definition) is 6. The summed E-state index contributed by atoms with van der Waals surface area (Å²) in [6.07, 6.45) is 4.25. The van der Waals surface area contributed by atoms with Crippen LogP contribution in [0.15, 0.2) is 36.7 Å². The average Bonchev–Trinajstić information content (AvgIpc) is 3.40. The summed E-state index contributed by atoms with van der Waals surface area (Å²) >= 11 is 0. The van der Waals surface area contributed by atoms with Crippen LogP contribution in [0.4, 0.5) is 0 Å². The molecular weight excluding hydrogens is 376 g/mol. The number of carboxylic acid groups (broad SMARTS) is 1. The van der Waals surface area contributed by atoms with E-state index in [0.29, 0.717) is 41.3 Å². The molecule has 29 heavy (non-hydrogen) atoms. The van der Waals surface area contributed by atoms with Gasteiger partial charge in [0.2, 0.25) is 0 Å². The van der Waals surface area contributed by atoms with Crippen LogP contribution < -0.4 is 10.1 Å². The Morgan fingerprint density at radius 1 is 1.34 bits per heavy atom. The summed E-state index contributed by atoms with van der Waals surface area (Å²) < 4.78 is 11.2. The molecule has 0 radical (unpaired) electrons. The predicted octanol–water partition coefficient (Wildman–Crippen LogP) is 2.00. The fourth-order valence-corrected chi connectivity index (χ4v) is 3.20. The molecule has 0 aliphatic carbocycles. The van der Waals surface area contributed by atoms with Crippen LogP contribution in [0.2, 0.25) is 0 Å². The van der Waals surface area contributed by atoms with Gasteiger partial charge >= 0.3 is 5.97 Å². The van der Waals surface area contributed by atoms with E-state index in [1.807, 2.05) is 0 Å². The van der Waals surface area contributed by atoms with E-state index >= 15 is 0 Å². The molecule has 3 heterocycles. The lowest BCUT2D eigenvalue weighted by molar-refractivity contribution is 0.0692. The first-order valence-corrected chi connectivity index (χ1v) is 9.25. The molecular formula is C20H20N4O5. The minimum absolute atomic E-state index is 0.115. The lowest BCUT2D eigenvalue weighted by Gasteiger charge is -2.14. The molecule has 1 aromatic carbocycles. The molecule has 1 aliphatic rings. The molecule has 4 rings (SSSR count). The van der Waals surface area contributed by atoms with Crippen molar-refractivity contribution in [3.63, 3.8) is 0 Å². The van der Waals surface area contributed by atoms with Crippen molar-refractivity contribution in [1.82, 2.24) is 20.5 Å². The van der Waals surface area contributed by atoms with Crippen LogP contribution in [0.25, 0.3) is 10.9 Å². The molecule has 9 nitrogen and oxygen atoms in total. The maximum absolute atomic E-state index is 12.6. The third-order valence-electron chi connectivity index (χ3n) is 4.84. The highest BCUT2D eigenvalue weighted by atomic mass is 16.5. The largest absolute Gasteiger partial charge is 0.491 e. The number of carboxylic acids is 1. The van der Waals surface area contributed by atoms with Gasteiger partial charge in [-0.15, -0.1) is 0 Å². The van der Waals surface area contributed by atoms with Crippen molar-refractivity contribution < 1.29 is 24.2 Å². The number of aromatic nitrogens is 3. The summed E-state index contributed by atoms with van der Waals surface area (Å²) in [5.74, 6) is -0.489. The number of carbonyl (C=O) groups is 2. The number of benzene rings is 1. The van der Waals surface area contributed by atoms with Gasteiger partial charge in [-0.05, 0) is 30.7 Å². The number of nitrogens with one attached hydrogen (secondary N) is 2. The molecule has 1 unspecified atom stereocenters. The Balaban J connectivity index is 1.43. The highest BCUT2D eigenvalue weighted by molar-refractivity contribution is 6.04. The number of aromatic amines is 1. The van der Waals surface area contributed by atoms with E-state index in [-0.39, 0.29) is 18.1 Å². The molecule has 0 bridgehead atoms. The van der Waals surface area contributed by atoms with Crippen LogP contribution in [0, 0.1) is 5.92 Å². The minimum atomic E-state index is -1.15. The van der Waals surface area contributed by atoms with Crippen molar-refractivity contribution in [3.05, 3.63) is 53.5 Å². The van der Waals surface area contributed by atoms with Crippen molar-refractivity contribution in [3.8, 4) is 5.75 Å². The van der Waals surface area contributed by atoms with E-state index in [0.717, 1.165) is 18.6 Å². The number of rotatable bonds is 7. The van der Waals surface area contributed by atoms with E-state index in [1.165, 1.54) is 6.07 Å². The van der Waals surface area contributed by atoms with Crippen molar-refractivity contribution in [2.45, 2.75) is 13.0 Å². The number of H-pyrrole nitrogens is 1. The summed E-state index contributed by atoms with van der Waals surface area (Å²) in [6, 6.07) is 6.56.